The van der Waals surface area contributed by atoms with E-state index in [9.17, 15) is 21.8 Å². The predicted molar refractivity (Wildman–Crippen MR) is 133 cm³/mol. The maximum absolute atomic E-state index is 13.4. The number of carboxylic acid groups (broad SMARTS) is 1. The molecule has 0 radical (unpaired) electrons. The zero-order chi connectivity index (χ0) is 27.0. The number of hydrogen-bond acceptors (Lipinski definition) is 8. The highest BCUT2D eigenvalue weighted by molar-refractivity contribution is 7.94. The summed E-state index contributed by atoms with van der Waals surface area (Å²) in [7, 11) is -0.696. The largest absolute Gasteiger partial charge is 0.490 e. The van der Waals surface area contributed by atoms with E-state index >= 15 is 0 Å². The Kier molecular flexibility index (Phi) is 10.7. The van der Waals surface area contributed by atoms with Gasteiger partial charge in [0.2, 0.25) is 5.88 Å². The van der Waals surface area contributed by atoms with Crippen molar-refractivity contribution < 1.29 is 36.4 Å². The highest BCUT2D eigenvalue weighted by Gasteiger charge is 2.38. The molecule has 1 aromatic carbocycles. The Morgan fingerprint density at radius 3 is 2.46 bits per heavy atom. The van der Waals surface area contributed by atoms with Crippen LogP contribution in [0.5, 0.6) is 5.88 Å². The lowest BCUT2D eigenvalue weighted by atomic mass is 9.96. The lowest BCUT2D eigenvalue weighted by Crippen LogP contribution is -2.38. The minimum atomic E-state index is -5.08. The maximum atomic E-state index is 13.4. The Labute approximate surface area is 218 Å². The maximum Gasteiger partial charge on any atom is 0.490 e. The van der Waals surface area contributed by atoms with Crippen LogP contribution in [0.3, 0.4) is 0 Å². The number of aromatic nitrogens is 1. The summed E-state index contributed by atoms with van der Waals surface area (Å²) in [6.45, 7) is 3.48. The van der Waals surface area contributed by atoms with Crippen molar-refractivity contribution in [3.05, 3.63) is 59.5 Å². The van der Waals surface area contributed by atoms with Crippen LogP contribution in [0.4, 0.5) is 17.6 Å². The molecule has 2 unspecified atom stereocenters. The molecule has 3 heterocycles. The van der Waals surface area contributed by atoms with E-state index in [0.29, 0.717) is 24.9 Å². The van der Waals surface area contributed by atoms with E-state index in [0.717, 1.165) is 48.7 Å². The van der Waals surface area contributed by atoms with Crippen molar-refractivity contribution in [3.63, 3.8) is 0 Å². The molecule has 2 fully saturated rings. The SMILES string of the molecule is NCc1ccnc(OCC2CC(c3ccc(F)cc3)CN2SN2CCS(=O)CC2)c1.O=C(O)C(F)(F)F. The number of aliphatic carboxylic acids is 1. The molecule has 8 nitrogen and oxygen atoms in total. The second-order valence-electron chi connectivity index (χ2n) is 8.42. The summed E-state index contributed by atoms with van der Waals surface area (Å²) in [5, 5.41) is 7.12. The van der Waals surface area contributed by atoms with E-state index < -0.39 is 22.9 Å². The van der Waals surface area contributed by atoms with E-state index in [2.05, 4.69) is 13.6 Å². The molecule has 0 saturated carbocycles. The van der Waals surface area contributed by atoms with Crippen LogP contribution in [0.2, 0.25) is 0 Å². The number of pyridine rings is 1. The lowest BCUT2D eigenvalue weighted by molar-refractivity contribution is -0.192. The fourth-order valence-corrected chi connectivity index (χ4v) is 6.26. The van der Waals surface area contributed by atoms with Crippen molar-refractivity contribution in [1.29, 1.82) is 0 Å². The minimum absolute atomic E-state index is 0.195. The fraction of sp³-hybridized carbons (Fsp3) is 0.478. The number of alkyl halides is 3. The van der Waals surface area contributed by atoms with Gasteiger partial charge in [0.1, 0.15) is 12.4 Å². The molecule has 0 spiro atoms. The van der Waals surface area contributed by atoms with Gasteiger partial charge in [-0.1, -0.05) is 12.1 Å². The van der Waals surface area contributed by atoms with Crippen molar-refractivity contribution in [1.82, 2.24) is 13.6 Å². The van der Waals surface area contributed by atoms with Crippen LogP contribution >= 0.6 is 12.1 Å². The molecule has 204 valence electrons. The fourth-order valence-electron chi connectivity index (χ4n) is 3.80. The van der Waals surface area contributed by atoms with Gasteiger partial charge in [-0.2, -0.15) is 13.2 Å². The predicted octanol–water partition coefficient (Wildman–Crippen LogP) is 3.18. The standard InChI is InChI=1S/C21H27FN4O2S2.C2HF3O2/c22-19-3-1-17(2-4-19)18-12-20(15-28-21-11-16(13-23)5-6-24-21)26(14-18)29-25-7-9-30(27)10-8-25;3-2(4,5)1(6)7/h1-6,11,18,20H,7-10,12-15,23H2;(H,6,7). The van der Waals surface area contributed by atoms with E-state index in [4.69, 9.17) is 20.4 Å². The number of ether oxygens (including phenoxy) is 1. The number of carboxylic acids is 1. The summed E-state index contributed by atoms with van der Waals surface area (Å²) >= 11 is 1.72. The summed E-state index contributed by atoms with van der Waals surface area (Å²) in [5.74, 6) is -0.628. The average Bonchev–Trinajstić information content (AvgIpc) is 3.27. The average molecular weight is 565 g/mol. The first-order valence-electron chi connectivity index (χ1n) is 11.4. The Hall–Kier alpha value is -2.26. The highest BCUT2D eigenvalue weighted by Crippen LogP contribution is 2.37. The summed E-state index contributed by atoms with van der Waals surface area (Å²) in [6, 6.07) is 10.8. The normalized spacial score (nSPS) is 21.3. The zero-order valence-corrected chi connectivity index (χ0v) is 21.4. The molecule has 2 aliphatic rings. The van der Waals surface area contributed by atoms with Crippen molar-refractivity contribution in [3.8, 4) is 5.88 Å². The molecule has 2 atom stereocenters. The highest BCUT2D eigenvalue weighted by atomic mass is 32.2. The summed E-state index contributed by atoms with van der Waals surface area (Å²) in [4.78, 5) is 13.2. The van der Waals surface area contributed by atoms with Crippen molar-refractivity contribution in [2.75, 3.05) is 37.7 Å². The number of hydrogen-bond donors (Lipinski definition) is 2. The molecule has 0 aliphatic carbocycles. The molecule has 1 aromatic heterocycles. The molecule has 0 bridgehead atoms. The molecule has 0 amide bonds. The van der Waals surface area contributed by atoms with Crippen LogP contribution in [0, 0.1) is 5.82 Å². The number of nitrogens with two attached hydrogens (primary N) is 1. The first-order valence-corrected chi connectivity index (χ1v) is 13.6. The number of benzene rings is 1. The van der Waals surface area contributed by atoms with Gasteiger partial charge in [-0.15, -0.1) is 0 Å². The summed E-state index contributed by atoms with van der Waals surface area (Å²) in [6.07, 6.45) is -2.44. The topological polar surface area (TPSA) is 109 Å². The molecule has 2 aromatic rings. The number of halogens is 4. The summed E-state index contributed by atoms with van der Waals surface area (Å²) < 4.78 is 67.4. The zero-order valence-electron chi connectivity index (χ0n) is 19.8. The number of rotatable bonds is 7. The number of nitrogens with zero attached hydrogens (tertiary/aromatic N) is 3. The van der Waals surface area contributed by atoms with Gasteiger partial charge in [0.25, 0.3) is 0 Å². The van der Waals surface area contributed by atoms with E-state index in [1.807, 2.05) is 24.3 Å². The van der Waals surface area contributed by atoms with Gasteiger partial charge in [0.05, 0.1) is 6.04 Å². The Morgan fingerprint density at radius 2 is 1.86 bits per heavy atom. The van der Waals surface area contributed by atoms with Gasteiger partial charge >= 0.3 is 12.1 Å². The summed E-state index contributed by atoms with van der Waals surface area (Å²) in [5.41, 5.74) is 7.85. The first-order chi connectivity index (χ1) is 17.5. The third-order valence-corrected chi connectivity index (χ3v) is 8.29. The lowest BCUT2D eigenvalue weighted by Gasteiger charge is -2.31. The Bertz CT molecular complexity index is 1050. The van der Waals surface area contributed by atoms with Crippen LogP contribution < -0.4 is 10.5 Å². The van der Waals surface area contributed by atoms with Crippen LogP contribution in [0.25, 0.3) is 0 Å². The molecule has 4 rings (SSSR count). The van der Waals surface area contributed by atoms with Crippen LogP contribution in [-0.4, -0.2) is 78.8 Å². The first kappa shape index (κ1) is 29.3. The minimum Gasteiger partial charge on any atom is -0.476 e. The molecular formula is C23H28F4N4O4S2. The molecule has 37 heavy (non-hydrogen) atoms. The monoisotopic (exact) mass is 564 g/mol. The van der Waals surface area contributed by atoms with Gasteiger partial charge < -0.3 is 15.6 Å². The van der Waals surface area contributed by atoms with Crippen molar-refractivity contribution >= 4 is 28.9 Å². The Morgan fingerprint density at radius 1 is 1.22 bits per heavy atom. The smallest absolute Gasteiger partial charge is 0.476 e. The van der Waals surface area contributed by atoms with E-state index in [1.165, 1.54) is 12.1 Å². The van der Waals surface area contributed by atoms with Crippen LogP contribution in [-0.2, 0) is 22.1 Å². The van der Waals surface area contributed by atoms with Crippen molar-refractivity contribution in [2.45, 2.75) is 31.1 Å². The van der Waals surface area contributed by atoms with Crippen molar-refractivity contribution in [2.24, 2.45) is 5.73 Å². The van der Waals surface area contributed by atoms with Crippen LogP contribution in [0.1, 0.15) is 23.5 Å². The van der Waals surface area contributed by atoms with Gasteiger partial charge in [-0.05, 0) is 41.7 Å². The molecule has 2 saturated heterocycles. The molecule has 2 aliphatic heterocycles. The van der Waals surface area contributed by atoms with Gasteiger partial charge in [-0.3, -0.25) is 4.21 Å². The molecule has 3 N–H and O–H groups in total. The molecule has 14 heteroatoms. The second kappa shape index (κ2) is 13.5. The molecular weight excluding hydrogens is 536 g/mol. The number of carbonyl (C=O) groups is 1. The van der Waals surface area contributed by atoms with Gasteiger partial charge in [0, 0.05) is 72.9 Å². The third kappa shape index (κ3) is 9.21. The second-order valence-corrected chi connectivity index (χ2v) is 11.3. The van der Waals surface area contributed by atoms with Gasteiger partial charge in [0.15, 0.2) is 0 Å². The van der Waals surface area contributed by atoms with E-state index in [1.54, 1.807) is 18.3 Å². The third-order valence-electron chi connectivity index (χ3n) is 5.76. The quantitative estimate of drug-likeness (QED) is 0.387. The van der Waals surface area contributed by atoms with E-state index in [-0.39, 0.29) is 11.9 Å². The Balaban J connectivity index is 0.000000479. The van der Waals surface area contributed by atoms with Crippen LogP contribution in [0.15, 0.2) is 42.6 Å². The van der Waals surface area contributed by atoms with Gasteiger partial charge in [-0.25, -0.2) is 22.8 Å².